The Morgan fingerprint density at radius 3 is 2.61 bits per heavy atom. The molecule has 18 heavy (non-hydrogen) atoms. The predicted molar refractivity (Wildman–Crippen MR) is 83.1 cm³/mol. The molecule has 0 saturated carbocycles. The van der Waals surface area contributed by atoms with Gasteiger partial charge in [0.1, 0.15) is 0 Å². The topological polar surface area (TPSA) is 12.4 Å². The first kappa shape index (κ1) is 13.2. The van der Waals surface area contributed by atoms with Crippen LogP contribution in [0, 0.1) is 0 Å². The smallest absolute Gasteiger partial charge is 0.0739 e. The van der Waals surface area contributed by atoms with Crippen LogP contribution >= 0.6 is 23.6 Å². The maximum absolute atomic E-state index is 4.59. The molecule has 0 spiro atoms. The normalized spacial score (nSPS) is 10.1. The van der Waals surface area contributed by atoms with Gasteiger partial charge in [0.15, 0.2) is 0 Å². The molecule has 92 valence electrons. The van der Waals surface area contributed by atoms with Gasteiger partial charge in [0.2, 0.25) is 0 Å². The number of aryl methyl sites for hydroxylation is 1. The molecule has 0 radical (unpaired) electrons. The number of rotatable bonds is 5. The molecule has 2 rings (SSSR count). The van der Waals surface area contributed by atoms with Crippen molar-refractivity contribution in [3.63, 3.8) is 0 Å². The van der Waals surface area contributed by atoms with Crippen LogP contribution in [0.2, 0.25) is 0 Å². The summed E-state index contributed by atoms with van der Waals surface area (Å²) in [7, 11) is 0. The van der Waals surface area contributed by atoms with E-state index >= 15 is 0 Å². The molecule has 1 aromatic heterocycles. The molecule has 0 N–H and O–H groups in total. The van der Waals surface area contributed by atoms with Crippen LogP contribution in [0.5, 0.6) is 0 Å². The molecule has 0 aliphatic rings. The van der Waals surface area contributed by atoms with Gasteiger partial charge in [-0.2, -0.15) is 4.99 Å². The fourth-order valence-corrected chi connectivity index (χ4v) is 2.93. The highest BCUT2D eigenvalue weighted by Gasteiger charge is 2.02. The van der Waals surface area contributed by atoms with Crippen molar-refractivity contribution in [2.45, 2.75) is 26.2 Å². The number of aliphatic imine (C=N–C) groups is 1. The molecule has 2 aromatic rings. The van der Waals surface area contributed by atoms with E-state index in [0.29, 0.717) is 0 Å². The van der Waals surface area contributed by atoms with Crippen LogP contribution in [0.25, 0.3) is 10.4 Å². The summed E-state index contributed by atoms with van der Waals surface area (Å²) in [5.41, 5.74) is 2.10. The Hall–Kier alpha value is -1.28. The fraction of sp³-hybridized carbons (Fsp3) is 0.267. The van der Waals surface area contributed by atoms with Crippen LogP contribution in [0.4, 0.5) is 5.69 Å². The highest BCUT2D eigenvalue weighted by atomic mass is 32.1. The van der Waals surface area contributed by atoms with Crippen molar-refractivity contribution >= 4 is 34.4 Å². The van der Waals surface area contributed by atoms with Crippen LogP contribution in [-0.2, 0) is 6.42 Å². The summed E-state index contributed by atoms with van der Waals surface area (Å²) in [6.45, 7) is 2.23. The van der Waals surface area contributed by atoms with E-state index < -0.39 is 0 Å². The monoisotopic (exact) mass is 273 g/mol. The lowest BCUT2D eigenvalue weighted by Gasteiger charge is -1.97. The zero-order valence-electron chi connectivity index (χ0n) is 10.3. The van der Waals surface area contributed by atoms with Crippen molar-refractivity contribution in [3.8, 4) is 10.4 Å². The van der Waals surface area contributed by atoms with Gasteiger partial charge in [-0.05, 0) is 54.9 Å². The van der Waals surface area contributed by atoms with E-state index in [1.165, 1.54) is 34.6 Å². The lowest BCUT2D eigenvalue weighted by atomic mass is 10.1. The van der Waals surface area contributed by atoms with Gasteiger partial charge in [0.05, 0.1) is 10.8 Å². The molecule has 0 amide bonds. The number of thiophene rings is 1. The molecule has 0 aliphatic heterocycles. The third-order valence-electron chi connectivity index (χ3n) is 2.76. The van der Waals surface area contributed by atoms with E-state index in [1.807, 2.05) is 23.5 Å². The molecule has 0 bridgehead atoms. The number of unbranched alkanes of at least 4 members (excludes halogenated alkanes) is 1. The van der Waals surface area contributed by atoms with Crippen molar-refractivity contribution in [3.05, 3.63) is 41.3 Å². The Morgan fingerprint density at radius 2 is 1.94 bits per heavy atom. The van der Waals surface area contributed by atoms with Gasteiger partial charge in [0.25, 0.3) is 0 Å². The first-order chi connectivity index (χ1) is 8.83. The maximum atomic E-state index is 4.59. The first-order valence-corrected chi connectivity index (χ1v) is 7.33. The number of nitrogens with zero attached hydrogens (tertiary/aromatic N) is 1. The largest absolute Gasteiger partial charge is 0.195 e. The number of hydrogen-bond donors (Lipinski definition) is 0. The van der Waals surface area contributed by atoms with E-state index in [1.54, 1.807) is 0 Å². The van der Waals surface area contributed by atoms with Crippen molar-refractivity contribution in [1.82, 2.24) is 0 Å². The average Bonchev–Trinajstić information content (AvgIpc) is 2.86. The van der Waals surface area contributed by atoms with Crippen LogP contribution in [0.3, 0.4) is 0 Å². The summed E-state index contributed by atoms with van der Waals surface area (Å²) in [5.74, 6) is 0. The highest BCUT2D eigenvalue weighted by molar-refractivity contribution is 7.78. The Balaban J connectivity index is 2.15. The summed E-state index contributed by atoms with van der Waals surface area (Å²) in [5, 5.41) is 2.38. The molecule has 0 saturated heterocycles. The minimum absolute atomic E-state index is 0.858. The van der Waals surface area contributed by atoms with E-state index in [-0.39, 0.29) is 0 Å². The van der Waals surface area contributed by atoms with E-state index in [2.05, 4.69) is 53.6 Å². The first-order valence-electron chi connectivity index (χ1n) is 6.10. The summed E-state index contributed by atoms with van der Waals surface area (Å²) in [4.78, 5) is 6.74. The lowest BCUT2D eigenvalue weighted by Crippen LogP contribution is -1.76. The molecule has 0 unspecified atom stereocenters. The quantitative estimate of drug-likeness (QED) is 0.518. The van der Waals surface area contributed by atoms with Crippen molar-refractivity contribution < 1.29 is 0 Å². The number of hydrogen-bond acceptors (Lipinski definition) is 3. The van der Waals surface area contributed by atoms with Crippen molar-refractivity contribution in [2.24, 2.45) is 4.99 Å². The molecule has 1 aromatic carbocycles. The number of isothiocyanates is 1. The summed E-state index contributed by atoms with van der Waals surface area (Å²) in [6.07, 6.45) is 3.70. The van der Waals surface area contributed by atoms with Crippen molar-refractivity contribution in [1.29, 1.82) is 0 Å². The molecular formula is C15H15NS2. The summed E-state index contributed by atoms with van der Waals surface area (Å²) in [6, 6.07) is 12.5. The Labute approximate surface area is 117 Å². The Morgan fingerprint density at radius 1 is 1.17 bits per heavy atom. The average molecular weight is 273 g/mol. The third-order valence-corrected chi connectivity index (χ3v) is 4.05. The van der Waals surface area contributed by atoms with Crippen LogP contribution in [0.1, 0.15) is 24.6 Å². The highest BCUT2D eigenvalue weighted by Crippen LogP contribution is 2.30. The van der Waals surface area contributed by atoms with Gasteiger partial charge in [-0.1, -0.05) is 25.5 Å². The Kier molecular flexibility index (Phi) is 4.82. The molecule has 0 atom stereocenters. The number of thiocarbonyl (C=S) groups is 1. The second-order valence-corrected chi connectivity index (χ2v) is 5.47. The van der Waals surface area contributed by atoms with Crippen LogP contribution in [0.15, 0.2) is 41.4 Å². The minimum Gasteiger partial charge on any atom is -0.195 e. The minimum atomic E-state index is 0.858. The van der Waals surface area contributed by atoms with Gasteiger partial charge in [0, 0.05) is 9.75 Å². The zero-order valence-corrected chi connectivity index (χ0v) is 12.0. The molecule has 0 fully saturated rings. The second kappa shape index (κ2) is 6.60. The van der Waals surface area contributed by atoms with Gasteiger partial charge in [-0.3, -0.25) is 0 Å². The summed E-state index contributed by atoms with van der Waals surface area (Å²) < 4.78 is 0. The van der Waals surface area contributed by atoms with Gasteiger partial charge in [-0.25, -0.2) is 0 Å². The van der Waals surface area contributed by atoms with Crippen LogP contribution < -0.4 is 0 Å². The van der Waals surface area contributed by atoms with Gasteiger partial charge < -0.3 is 0 Å². The van der Waals surface area contributed by atoms with E-state index in [4.69, 9.17) is 0 Å². The molecule has 0 aliphatic carbocycles. The fourth-order valence-electron chi connectivity index (χ4n) is 1.77. The van der Waals surface area contributed by atoms with Gasteiger partial charge >= 0.3 is 0 Å². The standard InChI is InChI=1S/C15H15NS2/c1-2-3-4-14-9-10-15(18-14)12-5-7-13(8-6-12)16-11-17/h5-10H,2-4H2,1H3. The van der Waals surface area contributed by atoms with E-state index in [9.17, 15) is 0 Å². The molecule has 3 heteroatoms. The van der Waals surface area contributed by atoms with Gasteiger partial charge in [-0.15, -0.1) is 11.3 Å². The number of benzene rings is 1. The SMILES string of the molecule is CCCCc1ccc(-c2ccc(N=C=S)cc2)s1. The van der Waals surface area contributed by atoms with E-state index in [0.717, 1.165) is 5.69 Å². The molecule has 1 nitrogen and oxygen atoms in total. The molecular weight excluding hydrogens is 258 g/mol. The third kappa shape index (κ3) is 3.36. The second-order valence-electron chi connectivity index (χ2n) is 4.12. The van der Waals surface area contributed by atoms with Crippen molar-refractivity contribution in [2.75, 3.05) is 0 Å². The van der Waals surface area contributed by atoms with Crippen LogP contribution in [-0.4, -0.2) is 5.16 Å². The summed E-state index contributed by atoms with van der Waals surface area (Å²) >= 11 is 6.47. The predicted octanol–water partition coefficient (Wildman–Crippen LogP) is 5.49. The zero-order chi connectivity index (χ0) is 12.8. The maximum Gasteiger partial charge on any atom is 0.0739 e. The Bertz CT molecular complexity index is 548. The lowest BCUT2D eigenvalue weighted by molar-refractivity contribution is 0.804. The molecule has 1 heterocycles.